The normalized spacial score (nSPS) is 18.1. The summed E-state index contributed by atoms with van der Waals surface area (Å²) in [6, 6.07) is 11.0. The number of anilines is 1. The number of methoxy groups -OCH3 is 3. The molecule has 2 aromatic rings. The van der Waals surface area contributed by atoms with Crippen LogP contribution >= 0.6 is 0 Å². The van der Waals surface area contributed by atoms with Crippen molar-refractivity contribution in [2.45, 2.75) is 12.5 Å². The van der Waals surface area contributed by atoms with E-state index in [2.05, 4.69) is 10.6 Å². The lowest BCUT2D eigenvalue weighted by Crippen LogP contribution is -2.42. The number of rotatable bonds is 7. The number of carbonyl (C=O) groups excluding carboxylic acids is 3. The van der Waals surface area contributed by atoms with E-state index in [4.69, 9.17) is 14.2 Å². The molecule has 2 N–H and O–H groups in total. The minimum absolute atomic E-state index is 0.417. The molecule has 30 heavy (non-hydrogen) atoms. The van der Waals surface area contributed by atoms with Crippen molar-refractivity contribution in [1.29, 1.82) is 0 Å². The van der Waals surface area contributed by atoms with Crippen LogP contribution in [-0.4, -0.2) is 50.6 Å². The Kier molecular flexibility index (Phi) is 5.81. The van der Waals surface area contributed by atoms with Gasteiger partial charge in [0.05, 0.1) is 21.3 Å². The van der Waals surface area contributed by atoms with Crippen LogP contribution in [0.25, 0.3) is 0 Å². The second-order valence-electron chi connectivity index (χ2n) is 6.79. The first kappa shape index (κ1) is 21.0. The van der Waals surface area contributed by atoms with Crippen LogP contribution in [0.4, 0.5) is 10.5 Å². The largest absolute Gasteiger partial charge is 0.497 e. The minimum Gasteiger partial charge on any atom is -0.497 e. The van der Waals surface area contributed by atoms with E-state index >= 15 is 0 Å². The molecule has 1 unspecified atom stereocenters. The van der Waals surface area contributed by atoms with Crippen molar-refractivity contribution in [3.05, 3.63) is 48.0 Å². The predicted molar refractivity (Wildman–Crippen MR) is 109 cm³/mol. The summed E-state index contributed by atoms with van der Waals surface area (Å²) in [5, 5.41) is 5.32. The Bertz CT molecular complexity index is 975. The van der Waals surface area contributed by atoms with Crippen LogP contribution in [0.15, 0.2) is 42.5 Å². The van der Waals surface area contributed by atoms with Crippen molar-refractivity contribution < 1.29 is 28.6 Å². The third-order valence-corrected chi connectivity index (χ3v) is 4.91. The van der Waals surface area contributed by atoms with Crippen LogP contribution in [-0.2, 0) is 15.1 Å². The van der Waals surface area contributed by atoms with E-state index in [9.17, 15) is 14.4 Å². The van der Waals surface area contributed by atoms with Gasteiger partial charge in [0.1, 0.15) is 17.8 Å². The molecule has 2 aromatic carbocycles. The minimum atomic E-state index is -1.34. The zero-order valence-corrected chi connectivity index (χ0v) is 17.1. The van der Waals surface area contributed by atoms with Crippen LogP contribution in [0.5, 0.6) is 17.2 Å². The Balaban J connectivity index is 1.75. The lowest BCUT2D eigenvalue weighted by atomic mass is 9.91. The lowest BCUT2D eigenvalue weighted by Gasteiger charge is -2.23. The molecule has 9 heteroatoms. The van der Waals surface area contributed by atoms with Gasteiger partial charge in [-0.1, -0.05) is 6.07 Å². The van der Waals surface area contributed by atoms with Crippen molar-refractivity contribution in [3.8, 4) is 17.2 Å². The van der Waals surface area contributed by atoms with Crippen LogP contribution in [0.1, 0.15) is 12.5 Å². The molecule has 0 radical (unpaired) electrons. The van der Waals surface area contributed by atoms with Crippen molar-refractivity contribution >= 4 is 23.5 Å². The molecule has 1 fully saturated rings. The number of hydrogen-bond donors (Lipinski definition) is 2. The maximum absolute atomic E-state index is 13.0. The van der Waals surface area contributed by atoms with Crippen LogP contribution < -0.4 is 24.8 Å². The number of amides is 4. The zero-order valence-electron chi connectivity index (χ0n) is 17.1. The summed E-state index contributed by atoms with van der Waals surface area (Å²) in [4.78, 5) is 38.8. The Labute approximate surface area is 173 Å². The first-order chi connectivity index (χ1) is 14.3. The number of imide groups is 1. The molecule has 1 saturated heterocycles. The molecular weight excluding hydrogens is 390 g/mol. The van der Waals surface area contributed by atoms with Gasteiger partial charge in [-0.05, 0) is 48.9 Å². The highest BCUT2D eigenvalue weighted by Crippen LogP contribution is 2.35. The van der Waals surface area contributed by atoms with Crippen LogP contribution in [0.2, 0.25) is 0 Å². The molecule has 1 atom stereocenters. The topological polar surface area (TPSA) is 106 Å². The quantitative estimate of drug-likeness (QED) is 0.674. The first-order valence-electron chi connectivity index (χ1n) is 9.13. The fourth-order valence-corrected chi connectivity index (χ4v) is 3.20. The first-order valence-corrected chi connectivity index (χ1v) is 9.13. The van der Waals surface area contributed by atoms with E-state index in [0.29, 0.717) is 28.5 Å². The highest BCUT2D eigenvalue weighted by atomic mass is 16.5. The van der Waals surface area contributed by atoms with Gasteiger partial charge in [0, 0.05) is 5.69 Å². The standard InChI is InChI=1S/C21H23N3O6/c1-21(13-5-10-16(29-3)17(11-13)30-4)19(26)24(20(27)23-21)12-18(25)22-14-6-8-15(28-2)9-7-14/h5-11H,12H2,1-4H3,(H,22,25)(H,23,27). The zero-order chi connectivity index (χ0) is 21.9. The van der Waals surface area contributed by atoms with Crippen LogP contribution in [0, 0.1) is 0 Å². The highest BCUT2D eigenvalue weighted by molar-refractivity contribution is 6.10. The number of nitrogens with one attached hydrogen (secondary N) is 2. The molecule has 9 nitrogen and oxygen atoms in total. The summed E-state index contributed by atoms with van der Waals surface area (Å²) in [6.07, 6.45) is 0. The number of hydrogen-bond acceptors (Lipinski definition) is 6. The second-order valence-corrected chi connectivity index (χ2v) is 6.79. The van der Waals surface area contributed by atoms with Gasteiger partial charge in [0.2, 0.25) is 5.91 Å². The molecule has 3 rings (SSSR count). The van der Waals surface area contributed by atoms with E-state index in [1.54, 1.807) is 56.5 Å². The maximum atomic E-state index is 13.0. The van der Waals surface area contributed by atoms with E-state index < -0.39 is 29.9 Å². The van der Waals surface area contributed by atoms with Crippen molar-refractivity contribution in [2.75, 3.05) is 33.2 Å². The van der Waals surface area contributed by atoms with Gasteiger partial charge in [-0.3, -0.25) is 14.5 Å². The van der Waals surface area contributed by atoms with Gasteiger partial charge in [-0.15, -0.1) is 0 Å². The Hall–Kier alpha value is -3.75. The molecule has 0 aromatic heterocycles. The fraction of sp³-hybridized carbons (Fsp3) is 0.286. The highest BCUT2D eigenvalue weighted by Gasteiger charge is 2.49. The van der Waals surface area contributed by atoms with Gasteiger partial charge in [-0.2, -0.15) is 0 Å². The molecule has 158 valence electrons. The van der Waals surface area contributed by atoms with Gasteiger partial charge in [0.15, 0.2) is 11.5 Å². The molecule has 0 bridgehead atoms. The lowest BCUT2D eigenvalue weighted by molar-refractivity contribution is -0.133. The molecule has 1 aliphatic rings. The third kappa shape index (κ3) is 3.86. The van der Waals surface area contributed by atoms with Crippen molar-refractivity contribution in [2.24, 2.45) is 0 Å². The molecule has 0 spiro atoms. The van der Waals surface area contributed by atoms with Crippen molar-refractivity contribution in [3.63, 3.8) is 0 Å². The van der Waals surface area contributed by atoms with Gasteiger partial charge in [-0.25, -0.2) is 4.79 Å². The Morgan fingerprint density at radius 2 is 1.67 bits per heavy atom. The molecule has 0 saturated carbocycles. The summed E-state index contributed by atoms with van der Waals surface area (Å²) in [5.74, 6) is 0.531. The van der Waals surface area contributed by atoms with Gasteiger partial charge >= 0.3 is 6.03 Å². The van der Waals surface area contributed by atoms with Crippen LogP contribution in [0.3, 0.4) is 0 Å². The van der Waals surface area contributed by atoms with E-state index in [-0.39, 0.29) is 0 Å². The van der Waals surface area contributed by atoms with Gasteiger partial charge in [0.25, 0.3) is 5.91 Å². The Morgan fingerprint density at radius 1 is 1.00 bits per heavy atom. The second kappa shape index (κ2) is 8.32. The summed E-state index contributed by atoms with van der Waals surface area (Å²) in [7, 11) is 4.53. The SMILES string of the molecule is COc1ccc(NC(=O)CN2C(=O)NC(C)(c3ccc(OC)c(OC)c3)C2=O)cc1. The van der Waals surface area contributed by atoms with Gasteiger partial charge < -0.3 is 24.8 Å². The smallest absolute Gasteiger partial charge is 0.325 e. The van der Waals surface area contributed by atoms with Crippen molar-refractivity contribution in [1.82, 2.24) is 10.2 Å². The molecular formula is C21H23N3O6. The summed E-state index contributed by atoms with van der Waals surface area (Å²) in [5.41, 5.74) is -0.302. The third-order valence-electron chi connectivity index (χ3n) is 4.91. The summed E-state index contributed by atoms with van der Waals surface area (Å²) < 4.78 is 15.6. The van der Waals surface area contributed by atoms with E-state index in [1.807, 2.05) is 0 Å². The fourth-order valence-electron chi connectivity index (χ4n) is 3.20. The maximum Gasteiger partial charge on any atom is 0.325 e. The molecule has 1 aliphatic heterocycles. The number of ether oxygens (including phenoxy) is 3. The summed E-state index contributed by atoms with van der Waals surface area (Å²) >= 11 is 0. The summed E-state index contributed by atoms with van der Waals surface area (Å²) in [6.45, 7) is 1.16. The number of nitrogens with zero attached hydrogens (tertiary/aromatic N) is 1. The average molecular weight is 413 g/mol. The predicted octanol–water partition coefficient (Wildman–Crippen LogP) is 2.12. The van der Waals surface area contributed by atoms with E-state index in [1.165, 1.54) is 14.2 Å². The average Bonchev–Trinajstić information content (AvgIpc) is 2.97. The molecule has 1 heterocycles. The van der Waals surface area contributed by atoms with E-state index in [0.717, 1.165) is 4.90 Å². The number of carbonyl (C=O) groups is 3. The molecule has 4 amide bonds. The Morgan fingerprint density at radius 3 is 2.27 bits per heavy atom. The number of benzene rings is 2. The monoisotopic (exact) mass is 413 g/mol. The number of urea groups is 1. The molecule has 0 aliphatic carbocycles.